The van der Waals surface area contributed by atoms with Gasteiger partial charge in [-0.3, -0.25) is 9.69 Å². The number of aromatic nitrogens is 1. The van der Waals surface area contributed by atoms with Crippen LogP contribution in [0.1, 0.15) is 20.3 Å². The van der Waals surface area contributed by atoms with E-state index in [0.29, 0.717) is 11.9 Å². The van der Waals surface area contributed by atoms with Crippen LogP contribution in [0, 0.1) is 5.92 Å². The number of hydrogen-bond acceptors (Lipinski definition) is 5. The third-order valence-corrected chi connectivity index (χ3v) is 5.85. The van der Waals surface area contributed by atoms with E-state index in [1.807, 2.05) is 6.07 Å². The Balaban J connectivity index is 1.34. The zero-order chi connectivity index (χ0) is 18.8. The molecule has 1 atom stereocenters. The van der Waals surface area contributed by atoms with Crippen LogP contribution < -0.4 is 4.90 Å². The number of amides is 1. The first-order chi connectivity index (χ1) is 13.1. The molecule has 2 fully saturated rings. The zero-order valence-electron chi connectivity index (χ0n) is 16.2. The van der Waals surface area contributed by atoms with Gasteiger partial charge in [0.05, 0.1) is 12.1 Å². The lowest BCUT2D eigenvalue weighted by atomic mass is 10.1. The molecule has 2 aliphatic rings. The topological polar surface area (TPSA) is 52.8 Å². The van der Waals surface area contributed by atoms with Gasteiger partial charge >= 0.3 is 0 Å². The van der Waals surface area contributed by atoms with E-state index in [1.165, 1.54) is 0 Å². The molecular weight excluding hydrogens is 340 g/mol. The van der Waals surface area contributed by atoms with Gasteiger partial charge in [-0.2, -0.15) is 0 Å². The average molecular weight is 368 g/mol. The fourth-order valence-corrected chi connectivity index (χ4v) is 4.11. The number of benzene rings is 1. The van der Waals surface area contributed by atoms with Crippen LogP contribution in [0.25, 0.3) is 11.3 Å². The molecule has 0 N–H and O–H groups in total. The van der Waals surface area contributed by atoms with E-state index in [9.17, 15) is 4.79 Å². The van der Waals surface area contributed by atoms with Crippen molar-refractivity contribution in [3.63, 3.8) is 0 Å². The molecule has 0 bridgehead atoms. The second kappa shape index (κ2) is 7.72. The summed E-state index contributed by atoms with van der Waals surface area (Å²) in [6, 6.07) is 10.7. The fraction of sp³-hybridized carbons (Fsp3) is 0.524. The molecule has 144 valence electrons. The summed E-state index contributed by atoms with van der Waals surface area (Å²) in [4.78, 5) is 19.8. The molecule has 0 saturated carbocycles. The molecule has 0 radical (unpaired) electrons. The van der Waals surface area contributed by atoms with Crippen molar-refractivity contribution >= 4 is 11.6 Å². The van der Waals surface area contributed by atoms with Gasteiger partial charge in [-0.1, -0.05) is 5.16 Å². The van der Waals surface area contributed by atoms with Crippen molar-refractivity contribution in [1.29, 1.82) is 0 Å². The Morgan fingerprint density at radius 1 is 1.07 bits per heavy atom. The van der Waals surface area contributed by atoms with Gasteiger partial charge in [-0.05, 0) is 44.5 Å². The standard InChI is InChI=1S/C21H28N4O2/c1-16(2)23-11-13-24(14-12-23)21(26)18-8-10-25(15-18)19-5-3-17(4-6-19)20-7-9-22-27-20/h3-7,9,16,18H,8,10-15H2,1-2H3/t18-/m0/s1. The third-order valence-electron chi connectivity index (χ3n) is 5.85. The summed E-state index contributed by atoms with van der Waals surface area (Å²) >= 11 is 0. The summed E-state index contributed by atoms with van der Waals surface area (Å²) in [6.07, 6.45) is 2.59. The van der Waals surface area contributed by atoms with Crippen LogP contribution in [-0.4, -0.2) is 66.2 Å². The van der Waals surface area contributed by atoms with Crippen LogP contribution in [0.4, 0.5) is 5.69 Å². The number of anilines is 1. The maximum absolute atomic E-state index is 12.9. The average Bonchev–Trinajstić information content (AvgIpc) is 3.40. The summed E-state index contributed by atoms with van der Waals surface area (Å²) in [5.41, 5.74) is 2.18. The molecule has 4 rings (SSSR count). The molecule has 3 heterocycles. The summed E-state index contributed by atoms with van der Waals surface area (Å²) < 4.78 is 5.21. The van der Waals surface area contributed by atoms with Crippen molar-refractivity contribution in [2.24, 2.45) is 5.92 Å². The molecule has 6 nitrogen and oxygen atoms in total. The predicted molar refractivity (Wildman–Crippen MR) is 106 cm³/mol. The Hall–Kier alpha value is -2.34. The highest BCUT2D eigenvalue weighted by Gasteiger charge is 2.33. The lowest BCUT2D eigenvalue weighted by Gasteiger charge is -2.37. The number of rotatable bonds is 4. The SMILES string of the molecule is CC(C)N1CCN(C(=O)[C@H]2CCN(c3ccc(-c4ccno4)cc3)C2)CC1. The Labute approximate surface area is 160 Å². The second-order valence-electron chi connectivity index (χ2n) is 7.81. The molecular formula is C21H28N4O2. The zero-order valence-corrected chi connectivity index (χ0v) is 16.2. The Bertz CT molecular complexity index is 749. The van der Waals surface area contributed by atoms with Gasteiger partial charge in [0.2, 0.25) is 5.91 Å². The highest BCUT2D eigenvalue weighted by molar-refractivity contribution is 5.80. The van der Waals surface area contributed by atoms with Gasteiger partial charge in [0.15, 0.2) is 5.76 Å². The Morgan fingerprint density at radius 2 is 1.81 bits per heavy atom. The van der Waals surface area contributed by atoms with E-state index in [2.05, 4.69) is 58.0 Å². The molecule has 2 aromatic rings. The third kappa shape index (κ3) is 3.86. The predicted octanol–water partition coefficient (Wildman–Crippen LogP) is 2.72. The van der Waals surface area contributed by atoms with Crippen molar-refractivity contribution < 1.29 is 9.32 Å². The number of carbonyl (C=O) groups excluding carboxylic acids is 1. The second-order valence-corrected chi connectivity index (χ2v) is 7.81. The molecule has 1 aromatic carbocycles. The molecule has 1 amide bonds. The van der Waals surface area contributed by atoms with Crippen LogP contribution in [0.15, 0.2) is 41.1 Å². The van der Waals surface area contributed by atoms with Crippen LogP contribution in [0.2, 0.25) is 0 Å². The van der Waals surface area contributed by atoms with E-state index in [-0.39, 0.29) is 5.92 Å². The van der Waals surface area contributed by atoms with Gasteiger partial charge < -0.3 is 14.3 Å². The van der Waals surface area contributed by atoms with E-state index in [0.717, 1.165) is 62.7 Å². The fourth-order valence-electron chi connectivity index (χ4n) is 4.11. The first-order valence-electron chi connectivity index (χ1n) is 9.91. The summed E-state index contributed by atoms with van der Waals surface area (Å²) in [5, 5.41) is 3.76. The molecule has 0 aliphatic carbocycles. The highest BCUT2D eigenvalue weighted by atomic mass is 16.5. The minimum Gasteiger partial charge on any atom is -0.371 e. The van der Waals surface area contributed by atoms with Crippen LogP contribution >= 0.6 is 0 Å². The number of hydrogen-bond donors (Lipinski definition) is 0. The summed E-state index contributed by atoms with van der Waals surface area (Å²) in [5.74, 6) is 1.22. The van der Waals surface area contributed by atoms with Crippen molar-refractivity contribution in [1.82, 2.24) is 15.0 Å². The van der Waals surface area contributed by atoms with Crippen LogP contribution in [0.5, 0.6) is 0 Å². The normalized spacial score (nSPS) is 21.2. The van der Waals surface area contributed by atoms with Gasteiger partial charge in [-0.15, -0.1) is 0 Å². The van der Waals surface area contributed by atoms with E-state index >= 15 is 0 Å². The first-order valence-corrected chi connectivity index (χ1v) is 9.91. The van der Waals surface area contributed by atoms with Crippen molar-refractivity contribution in [2.45, 2.75) is 26.3 Å². The van der Waals surface area contributed by atoms with Crippen molar-refractivity contribution in [3.8, 4) is 11.3 Å². The lowest BCUT2D eigenvalue weighted by molar-refractivity contribution is -0.136. The van der Waals surface area contributed by atoms with Crippen LogP contribution in [0.3, 0.4) is 0 Å². The maximum atomic E-state index is 12.9. The van der Waals surface area contributed by atoms with E-state index in [4.69, 9.17) is 4.52 Å². The highest BCUT2D eigenvalue weighted by Crippen LogP contribution is 2.28. The number of nitrogens with zero attached hydrogens (tertiary/aromatic N) is 4. The maximum Gasteiger partial charge on any atom is 0.227 e. The largest absolute Gasteiger partial charge is 0.371 e. The first kappa shape index (κ1) is 18.0. The quantitative estimate of drug-likeness (QED) is 0.831. The molecule has 2 aliphatic heterocycles. The Morgan fingerprint density at radius 3 is 2.44 bits per heavy atom. The Kier molecular flexibility index (Phi) is 5.16. The van der Waals surface area contributed by atoms with Crippen LogP contribution in [-0.2, 0) is 4.79 Å². The lowest BCUT2D eigenvalue weighted by Crippen LogP contribution is -2.52. The molecule has 2 saturated heterocycles. The smallest absolute Gasteiger partial charge is 0.227 e. The van der Waals surface area contributed by atoms with Gasteiger partial charge in [0.1, 0.15) is 0 Å². The van der Waals surface area contributed by atoms with Gasteiger partial charge in [0, 0.05) is 62.6 Å². The number of carbonyl (C=O) groups is 1. The number of piperazine rings is 1. The molecule has 0 spiro atoms. The molecule has 1 aromatic heterocycles. The minimum atomic E-state index is 0.115. The van der Waals surface area contributed by atoms with Gasteiger partial charge in [-0.25, -0.2) is 0 Å². The van der Waals surface area contributed by atoms with Crippen molar-refractivity contribution in [3.05, 3.63) is 36.5 Å². The van der Waals surface area contributed by atoms with Crippen molar-refractivity contribution in [2.75, 3.05) is 44.2 Å². The molecule has 6 heteroatoms. The van der Waals surface area contributed by atoms with Gasteiger partial charge in [0.25, 0.3) is 0 Å². The molecule has 0 unspecified atom stereocenters. The minimum absolute atomic E-state index is 0.115. The summed E-state index contributed by atoms with van der Waals surface area (Å²) in [7, 11) is 0. The monoisotopic (exact) mass is 368 g/mol. The van der Waals surface area contributed by atoms with E-state index < -0.39 is 0 Å². The molecule has 27 heavy (non-hydrogen) atoms. The van der Waals surface area contributed by atoms with E-state index in [1.54, 1.807) is 6.20 Å². The summed E-state index contributed by atoms with van der Waals surface area (Å²) in [6.45, 7) is 9.89.